The molecule has 0 bridgehead atoms. The van der Waals surface area contributed by atoms with Crippen LogP contribution in [0.25, 0.3) is 6.08 Å². The zero-order valence-corrected chi connectivity index (χ0v) is 9.49. The minimum absolute atomic E-state index is 0.170. The first kappa shape index (κ1) is 10.9. The summed E-state index contributed by atoms with van der Waals surface area (Å²) < 4.78 is 0. The Bertz CT molecular complexity index is 492. The van der Waals surface area contributed by atoms with Gasteiger partial charge in [0.1, 0.15) is 5.71 Å². The van der Waals surface area contributed by atoms with E-state index in [4.69, 9.17) is 11.6 Å². The van der Waals surface area contributed by atoms with Gasteiger partial charge in [-0.15, -0.1) is 11.6 Å². The zero-order chi connectivity index (χ0) is 11.5. The summed E-state index contributed by atoms with van der Waals surface area (Å²) >= 11 is 5.67. The third-order valence-electron chi connectivity index (χ3n) is 2.38. The number of oxime groups is 1. The Kier molecular flexibility index (Phi) is 3.06. The Balaban J connectivity index is 2.41. The Morgan fingerprint density at radius 2 is 2.19 bits per heavy atom. The Hall–Kier alpha value is -1.61. The third-order valence-corrected chi connectivity index (χ3v) is 2.64. The third kappa shape index (κ3) is 1.99. The summed E-state index contributed by atoms with van der Waals surface area (Å²) in [6, 6.07) is 7.77. The van der Waals surface area contributed by atoms with Crippen LogP contribution in [0, 0.1) is 6.92 Å². The second-order valence-corrected chi connectivity index (χ2v) is 3.73. The van der Waals surface area contributed by atoms with Crippen molar-refractivity contribution in [2.24, 2.45) is 5.16 Å². The van der Waals surface area contributed by atoms with E-state index in [0.29, 0.717) is 11.3 Å². The van der Waals surface area contributed by atoms with Gasteiger partial charge in [-0.1, -0.05) is 29.4 Å². The van der Waals surface area contributed by atoms with E-state index < -0.39 is 5.97 Å². The number of halogens is 1. The molecular formula is C12H10ClNO2. The average molecular weight is 236 g/mol. The number of nitrogens with zero attached hydrogens (tertiary/aromatic N) is 1. The van der Waals surface area contributed by atoms with Crippen molar-refractivity contribution in [2.75, 3.05) is 5.88 Å². The van der Waals surface area contributed by atoms with Crippen LogP contribution in [0.4, 0.5) is 0 Å². The lowest BCUT2D eigenvalue weighted by atomic mass is 10.0. The maximum atomic E-state index is 11.4. The molecule has 1 aliphatic rings. The molecule has 0 N–H and O–H groups in total. The molecule has 4 heteroatoms. The lowest BCUT2D eigenvalue weighted by molar-refractivity contribution is -0.136. The van der Waals surface area contributed by atoms with E-state index in [1.54, 1.807) is 6.08 Å². The quantitative estimate of drug-likeness (QED) is 0.449. The molecule has 3 nitrogen and oxygen atoms in total. The second kappa shape index (κ2) is 4.49. The van der Waals surface area contributed by atoms with Crippen LogP contribution in [0.5, 0.6) is 0 Å². The van der Waals surface area contributed by atoms with Crippen molar-refractivity contribution in [3.05, 3.63) is 41.0 Å². The van der Waals surface area contributed by atoms with Gasteiger partial charge in [-0.25, -0.2) is 4.79 Å². The van der Waals surface area contributed by atoms with Crippen molar-refractivity contribution >= 4 is 29.4 Å². The van der Waals surface area contributed by atoms with Crippen molar-refractivity contribution in [3.63, 3.8) is 0 Å². The molecule has 1 aliphatic heterocycles. The van der Waals surface area contributed by atoms with Gasteiger partial charge in [-0.2, -0.15) is 0 Å². The first-order valence-corrected chi connectivity index (χ1v) is 5.37. The summed E-state index contributed by atoms with van der Waals surface area (Å²) in [6.07, 6.45) is 1.76. The summed E-state index contributed by atoms with van der Waals surface area (Å²) in [7, 11) is 0. The van der Waals surface area contributed by atoms with Crippen LogP contribution < -0.4 is 0 Å². The van der Waals surface area contributed by atoms with E-state index in [-0.39, 0.29) is 5.88 Å². The Labute approximate surface area is 98.4 Å². The van der Waals surface area contributed by atoms with Crippen molar-refractivity contribution in [1.82, 2.24) is 0 Å². The number of rotatable bonds is 2. The molecule has 1 heterocycles. The molecule has 1 aromatic rings. The largest absolute Gasteiger partial charge is 0.367 e. The molecule has 0 radical (unpaired) electrons. The summed E-state index contributed by atoms with van der Waals surface area (Å²) in [5, 5.41) is 3.61. The number of carbonyl (C=O) groups excluding carboxylic acids is 1. The van der Waals surface area contributed by atoms with Crippen molar-refractivity contribution in [3.8, 4) is 0 Å². The number of benzene rings is 1. The van der Waals surface area contributed by atoms with Gasteiger partial charge in [0.2, 0.25) is 0 Å². The molecule has 0 spiro atoms. The van der Waals surface area contributed by atoms with Crippen LogP contribution in [0.15, 0.2) is 35.0 Å². The minimum Gasteiger partial charge on any atom is -0.312 e. The number of aryl methyl sites for hydroxylation is 1. The minimum atomic E-state index is -0.445. The SMILES string of the molecule is Cc1ccccc1/C=C1/C(=O)ON=C1CCl. The van der Waals surface area contributed by atoms with Gasteiger partial charge in [-0.3, -0.25) is 0 Å². The highest BCUT2D eigenvalue weighted by Gasteiger charge is 2.24. The van der Waals surface area contributed by atoms with Crippen LogP contribution in [-0.2, 0) is 9.63 Å². The smallest absolute Gasteiger partial charge is 0.312 e. The molecule has 2 rings (SSSR count). The summed E-state index contributed by atoms with van der Waals surface area (Å²) in [6.45, 7) is 1.98. The topological polar surface area (TPSA) is 38.7 Å². The highest BCUT2D eigenvalue weighted by atomic mass is 35.5. The Morgan fingerprint density at radius 3 is 2.88 bits per heavy atom. The molecule has 0 saturated carbocycles. The molecule has 0 amide bonds. The van der Waals surface area contributed by atoms with E-state index in [9.17, 15) is 4.79 Å². The predicted molar refractivity (Wildman–Crippen MR) is 63.4 cm³/mol. The highest BCUT2D eigenvalue weighted by Crippen LogP contribution is 2.18. The highest BCUT2D eigenvalue weighted by molar-refractivity contribution is 6.38. The van der Waals surface area contributed by atoms with E-state index in [0.717, 1.165) is 11.1 Å². The monoisotopic (exact) mass is 235 g/mol. The van der Waals surface area contributed by atoms with Gasteiger partial charge in [0.25, 0.3) is 0 Å². The van der Waals surface area contributed by atoms with Crippen LogP contribution >= 0.6 is 11.6 Å². The molecule has 82 valence electrons. The van der Waals surface area contributed by atoms with Crippen LogP contribution in [0.2, 0.25) is 0 Å². The molecule has 16 heavy (non-hydrogen) atoms. The van der Waals surface area contributed by atoms with Gasteiger partial charge in [-0.05, 0) is 24.1 Å². The van der Waals surface area contributed by atoms with Gasteiger partial charge in [0, 0.05) is 0 Å². The summed E-state index contributed by atoms with van der Waals surface area (Å²) in [5.41, 5.74) is 2.97. The van der Waals surface area contributed by atoms with Crippen molar-refractivity contribution < 1.29 is 9.63 Å². The first-order valence-electron chi connectivity index (χ1n) is 4.84. The van der Waals surface area contributed by atoms with E-state index in [2.05, 4.69) is 9.99 Å². The number of hydrogen-bond acceptors (Lipinski definition) is 3. The number of hydrogen-bond donors (Lipinski definition) is 0. The van der Waals surface area contributed by atoms with Gasteiger partial charge < -0.3 is 4.84 Å². The maximum absolute atomic E-state index is 11.4. The molecule has 1 aromatic carbocycles. The maximum Gasteiger partial charge on any atom is 0.367 e. The predicted octanol–water partition coefficient (Wildman–Crippen LogP) is 2.53. The Morgan fingerprint density at radius 1 is 1.44 bits per heavy atom. The molecular weight excluding hydrogens is 226 g/mol. The van der Waals surface area contributed by atoms with E-state index >= 15 is 0 Å². The van der Waals surface area contributed by atoms with Gasteiger partial charge in [0.15, 0.2) is 0 Å². The lowest BCUT2D eigenvalue weighted by Crippen LogP contribution is -2.06. The van der Waals surface area contributed by atoms with Crippen LogP contribution in [0.3, 0.4) is 0 Å². The van der Waals surface area contributed by atoms with Crippen LogP contribution in [0.1, 0.15) is 11.1 Å². The number of alkyl halides is 1. The summed E-state index contributed by atoms with van der Waals surface area (Å²) in [4.78, 5) is 16.0. The fraction of sp³-hybridized carbons (Fsp3) is 0.167. The molecule has 0 fully saturated rings. The zero-order valence-electron chi connectivity index (χ0n) is 8.74. The molecule has 0 aromatic heterocycles. The van der Waals surface area contributed by atoms with Crippen molar-refractivity contribution in [1.29, 1.82) is 0 Å². The standard InChI is InChI=1S/C12H10ClNO2/c1-8-4-2-3-5-9(8)6-10-11(7-13)14-16-12(10)15/h2-6H,7H2,1H3/b10-6+. The lowest BCUT2D eigenvalue weighted by Gasteiger charge is -2.00. The average Bonchev–Trinajstić information content (AvgIpc) is 2.63. The van der Waals surface area contributed by atoms with Crippen LogP contribution in [-0.4, -0.2) is 17.6 Å². The van der Waals surface area contributed by atoms with Gasteiger partial charge in [0.05, 0.1) is 11.5 Å². The molecule has 0 unspecified atom stereocenters. The van der Waals surface area contributed by atoms with E-state index in [1.807, 2.05) is 31.2 Å². The normalized spacial score (nSPS) is 17.5. The molecule has 0 aliphatic carbocycles. The fourth-order valence-corrected chi connectivity index (χ4v) is 1.65. The number of carbonyl (C=O) groups is 1. The van der Waals surface area contributed by atoms with Gasteiger partial charge >= 0.3 is 5.97 Å². The second-order valence-electron chi connectivity index (χ2n) is 3.46. The fourth-order valence-electron chi connectivity index (χ4n) is 1.46. The van der Waals surface area contributed by atoms with Crippen molar-refractivity contribution in [2.45, 2.75) is 6.92 Å². The molecule has 0 atom stereocenters. The molecule has 0 saturated heterocycles. The van der Waals surface area contributed by atoms with E-state index in [1.165, 1.54) is 0 Å². The summed E-state index contributed by atoms with van der Waals surface area (Å²) in [5.74, 6) is -0.275. The first-order chi connectivity index (χ1) is 7.72.